The standard InChI is InChI=1S/C15H24N2O2/c1-14(2,15(3,4)16)13(18)17-12-8-6-7-11(9-12)10-19-5/h6-9H,10,16H2,1-5H3,(H,17,18). The van der Waals surface area contributed by atoms with Gasteiger partial charge in [0.15, 0.2) is 0 Å². The predicted molar refractivity (Wildman–Crippen MR) is 77.8 cm³/mol. The molecule has 4 heteroatoms. The molecule has 1 rings (SSSR count). The van der Waals surface area contributed by atoms with Gasteiger partial charge in [0.25, 0.3) is 0 Å². The highest BCUT2D eigenvalue weighted by Crippen LogP contribution is 2.29. The van der Waals surface area contributed by atoms with Crippen molar-refractivity contribution in [1.29, 1.82) is 0 Å². The largest absolute Gasteiger partial charge is 0.380 e. The van der Waals surface area contributed by atoms with Crippen LogP contribution in [0.4, 0.5) is 5.69 Å². The van der Waals surface area contributed by atoms with Crippen molar-refractivity contribution >= 4 is 11.6 Å². The predicted octanol–water partition coefficient (Wildman–Crippen LogP) is 2.54. The Bertz CT molecular complexity index is 448. The summed E-state index contributed by atoms with van der Waals surface area (Å²) in [6.45, 7) is 7.93. The molecular formula is C15H24N2O2. The quantitative estimate of drug-likeness (QED) is 0.859. The monoisotopic (exact) mass is 264 g/mol. The first-order valence-corrected chi connectivity index (χ1v) is 6.36. The van der Waals surface area contributed by atoms with Crippen molar-refractivity contribution in [2.24, 2.45) is 11.1 Å². The maximum absolute atomic E-state index is 12.3. The van der Waals surface area contributed by atoms with Gasteiger partial charge in [0, 0.05) is 18.3 Å². The number of methoxy groups -OCH3 is 1. The van der Waals surface area contributed by atoms with Gasteiger partial charge in [0.05, 0.1) is 12.0 Å². The lowest BCUT2D eigenvalue weighted by Gasteiger charge is -2.36. The molecule has 0 aliphatic rings. The van der Waals surface area contributed by atoms with Gasteiger partial charge in [-0.1, -0.05) is 12.1 Å². The molecule has 0 saturated heterocycles. The summed E-state index contributed by atoms with van der Waals surface area (Å²) in [6, 6.07) is 7.61. The molecule has 3 N–H and O–H groups in total. The summed E-state index contributed by atoms with van der Waals surface area (Å²) in [7, 11) is 1.64. The summed E-state index contributed by atoms with van der Waals surface area (Å²) in [5.41, 5.74) is 6.59. The Labute approximate surface area is 115 Å². The Kier molecular flexibility index (Phi) is 4.71. The molecule has 1 aromatic rings. The van der Waals surface area contributed by atoms with E-state index in [2.05, 4.69) is 5.32 Å². The molecule has 0 heterocycles. The molecule has 0 aliphatic carbocycles. The Morgan fingerprint density at radius 2 is 1.95 bits per heavy atom. The lowest BCUT2D eigenvalue weighted by molar-refractivity contribution is -0.126. The fraction of sp³-hybridized carbons (Fsp3) is 0.533. The van der Waals surface area contributed by atoms with E-state index >= 15 is 0 Å². The molecule has 0 fully saturated rings. The van der Waals surface area contributed by atoms with Gasteiger partial charge in [-0.2, -0.15) is 0 Å². The normalized spacial score (nSPS) is 12.3. The van der Waals surface area contributed by atoms with Crippen LogP contribution in [0, 0.1) is 5.41 Å². The first-order valence-electron chi connectivity index (χ1n) is 6.36. The van der Waals surface area contributed by atoms with Crippen molar-refractivity contribution in [3.8, 4) is 0 Å². The number of ether oxygens (including phenoxy) is 1. The number of hydrogen-bond acceptors (Lipinski definition) is 3. The number of hydrogen-bond donors (Lipinski definition) is 2. The smallest absolute Gasteiger partial charge is 0.231 e. The highest BCUT2D eigenvalue weighted by molar-refractivity contribution is 5.95. The van der Waals surface area contributed by atoms with Gasteiger partial charge in [-0.3, -0.25) is 4.79 Å². The van der Waals surface area contributed by atoms with E-state index < -0.39 is 11.0 Å². The van der Waals surface area contributed by atoms with Gasteiger partial charge in [0.2, 0.25) is 5.91 Å². The van der Waals surface area contributed by atoms with Crippen LogP contribution < -0.4 is 11.1 Å². The van der Waals surface area contributed by atoms with Gasteiger partial charge < -0.3 is 15.8 Å². The van der Waals surface area contributed by atoms with Crippen LogP contribution >= 0.6 is 0 Å². The average molecular weight is 264 g/mol. The Hall–Kier alpha value is -1.39. The molecule has 0 radical (unpaired) electrons. The molecule has 0 saturated carbocycles. The van der Waals surface area contributed by atoms with Gasteiger partial charge in [-0.25, -0.2) is 0 Å². The van der Waals surface area contributed by atoms with Gasteiger partial charge >= 0.3 is 0 Å². The second kappa shape index (κ2) is 5.72. The summed E-state index contributed by atoms with van der Waals surface area (Å²) >= 11 is 0. The maximum atomic E-state index is 12.3. The van der Waals surface area contributed by atoms with E-state index in [4.69, 9.17) is 10.5 Å². The number of nitrogens with one attached hydrogen (secondary N) is 1. The summed E-state index contributed by atoms with van der Waals surface area (Å²) in [6.07, 6.45) is 0. The minimum absolute atomic E-state index is 0.0884. The topological polar surface area (TPSA) is 64.3 Å². The van der Waals surface area contributed by atoms with Crippen molar-refractivity contribution < 1.29 is 9.53 Å². The van der Waals surface area contributed by atoms with Crippen LogP contribution in [0.2, 0.25) is 0 Å². The van der Waals surface area contributed by atoms with Crippen LogP contribution in [0.5, 0.6) is 0 Å². The van der Waals surface area contributed by atoms with E-state index in [9.17, 15) is 4.79 Å². The second-order valence-corrected chi connectivity index (χ2v) is 5.93. The third-order valence-electron chi connectivity index (χ3n) is 3.67. The average Bonchev–Trinajstić information content (AvgIpc) is 2.28. The molecule has 0 aromatic heterocycles. The van der Waals surface area contributed by atoms with Crippen LogP contribution in [-0.2, 0) is 16.1 Å². The minimum Gasteiger partial charge on any atom is -0.380 e. The number of nitrogens with two attached hydrogens (primary N) is 1. The third-order valence-corrected chi connectivity index (χ3v) is 3.67. The van der Waals surface area contributed by atoms with Crippen molar-refractivity contribution in [2.45, 2.75) is 39.8 Å². The minimum atomic E-state index is -0.662. The summed E-state index contributed by atoms with van der Waals surface area (Å²) in [4.78, 5) is 12.3. The maximum Gasteiger partial charge on any atom is 0.231 e. The van der Waals surface area contributed by atoms with E-state index in [-0.39, 0.29) is 5.91 Å². The molecule has 0 bridgehead atoms. The van der Waals surface area contributed by atoms with E-state index in [1.807, 2.05) is 52.0 Å². The zero-order valence-electron chi connectivity index (χ0n) is 12.4. The zero-order chi connectivity index (χ0) is 14.7. The molecule has 1 amide bonds. The zero-order valence-corrected chi connectivity index (χ0v) is 12.4. The van der Waals surface area contributed by atoms with Crippen molar-refractivity contribution in [1.82, 2.24) is 0 Å². The van der Waals surface area contributed by atoms with Crippen LogP contribution in [0.1, 0.15) is 33.3 Å². The molecule has 0 spiro atoms. The van der Waals surface area contributed by atoms with E-state index in [1.165, 1.54) is 0 Å². The molecule has 19 heavy (non-hydrogen) atoms. The first kappa shape index (κ1) is 15.7. The van der Waals surface area contributed by atoms with Crippen LogP contribution in [-0.4, -0.2) is 18.6 Å². The van der Waals surface area contributed by atoms with E-state index in [0.717, 1.165) is 11.3 Å². The molecular weight excluding hydrogens is 240 g/mol. The SMILES string of the molecule is COCc1cccc(NC(=O)C(C)(C)C(C)(C)N)c1. The highest BCUT2D eigenvalue weighted by Gasteiger charge is 2.40. The van der Waals surface area contributed by atoms with Crippen molar-refractivity contribution in [3.05, 3.63) is 29.8 Å². The molecule has 1 aromatic carbocycles. The molecule has 106 valence electrons. The van der Waals surface area contributed by atoms with Crippen LogP contribution in [0.3, 0.4) is 0 Å². The Morgan fingerprint density at radius 1 is 1.32 bits per heavy atom. The summed E-state index contributed by atoms with van der Waals surface area (Å²) in [5.74, 6) is -0.0884. The number of rotatable bonds is 5. The van der Waals surface area contributed by atoms with Gasteiger partial charge in [-0.05, 0) is 45.4 Å². The fourth-order valence-corrected chi connectivity index (χ4v) is 1.49. The van der Waals surface area contributed by atoms with Gasteiger partial charge in [0.1, 0.15) is 0 Å². The number of anilines is 1. The van der Waals surface area contributed by atoms with Crippen molar-refractivity contribution in [3.63, 3.8) is 0 Å². The van der Waals surface area contributed by atoms with E-state index in [1.54, 1.807) is 7.11 Å². The number of amides is 1. The molecule has 0 aliphatic heterocycles. The summed E-state index contributed by atoms with van der Waals surface area (Å²) in [5, 5.41) is 2.91. The number of carbonyl (C=O) groups excluding carboxylic acids is 1. The van der Waals surface area contributed by atoms with Crippen LogP contribution in [0.25, 0.3) is 0 Å². The molecule has 0 unspecified atom stereocenters. The van der Waals surface area contributed by atoms with Crippen molar-refractivity contribution in [2.75, 3.05) is 12.4 Å². The molecule has 0 atom stereocenters. The van der Waals surface area contributed by atoms with E-state index in [0.29, 0.717) is 6.61 Å². The lowest BCUT2D eigenvalue weighted by Crippen LogP contribution is -2.53. The van der Waals surface area contributed by atoms with Gasteiger partial charge in [-0.15, -0.1) is 0 Å². The third kappa shape index (κ3) is 3.78. The Morgan fingerprint density at radius 3 is 2.47 bits per heavy atom. The second-order valence-electron chi connectivity index (χ2n) is 5.93. The lowest BCUT2D eigenvalue weighted by atomic mass is 9.74. The summed E-state index contributed by atoms with van der Waals surface area (Å²) < 4.78 is 5.08. The Balaban J connectivity index is 2.85. The first-order chi connectivity index (χ1) is 8.68. The highest BCUT2D eigenvalue weighted by atomic mass is 16.5. The number of benzene rings is 1. The fourth-order valence-electron chi connectivity index (χ4n) is 1.49. The molecule has 4 nitrogen and oxygen atoms in total. The number of carbonyl (C=O) groups is 1. The van der Waals surface area contributed by atoms with Crippen LogP contribution in [0.15, 0.2) is 24.3 Å².